The molecule has 1 amide bonds. The number of nitrogens with zero attached hydrogens (tertiary/aromatic N) is 2. The summed E-state index contributed by atoms with van der Waals surface area (Å²) in [6.07, 6.45) is -11.5. The van der Waals surface area contributed by atoms with Crippen LogP contribution in [-0.4, -0.2) is 222 Å². The second-order valence-electron chi connectivity index (χ2n) is 14.4. The molecule has 20 N–H and O–H groups in total. The van der Waals surface area contributed by atoms with Crippen LogP contribution in [0.1, 0.15) is 49.2 Å². The van der Waals surface area contributed by atoms with Gasteiger partial charge >= 0.3 is 29.8 Å². The summed E-state index contributed by atoms with van der Waals surface area (Å²) in [5.74, 6) is -6.04. The third-order valence-electron chi connectivity index (χ3n) is 9.42. The minimum Gasteiger partial charge on any atom is -0.480 e. The quantitative estimate of drug-likeness (QED) is 0.0663. The van der Waals surface area contributed by atoms with Gasteiger partial charge < -0.3 is 103 Å². The van der Waals surface area contributed by atoms with Crippen molar-refractivity contribution in [1.29, 1.82) is 0 Å². The molecule has 2 aromatic rings. The van der Waals surface area contributed by atoms with E-state index >= 15 is 0 Å². The second kappa shape index (κ2) is 31.6. The van der Waals surface area contributed by atoms with E-state index in [-0.39, 0.29) is 24.8 Å². The Hall–Kier alpha value is -5.31. The number of benzene rings is 1. The van der Waals surface area contributed by atoms with Crippen molar-refractivity contribution in [2.75, 3.05) is 26.3 Å². The molecule has 66 heavy (non-hydrogen) atoms. The molecule has 2 fully saturated rings. The Bertz CT molecular complexity index is 1730. The fourth-order valence-electron chi connectivity index (χ4n) is 5.23. The predicted octanol–water partition coefficient (Wildman–Crippen LogP) is -5.43. The van der Waals surface area contributed by atoms with Crippen LogP contribution in [0.25, 0.3) is 0 Å². The van der Waals surface area contributed by atoms with E-state index in [1.165, 1.54) is 6.33 Å². The van der Waals surface area contributed by atoms with Gasteiger partial charge in [-0.05, 0) is 30.9 Å². The Morgan fingerprint density at radius 3 is 1.92 bits per heavy atom. The SMILES string of the molecule is CC[C@H](C)[C@H](N)C(=O)O.N[C@@H](Cc1cnc[nH]1)C(=O)O.O=C(O)C1CCCN1O.O=C(O)CNC(=O)c1ccccc1.O=C(O)[C@H](O)[C@@H](O)[C@H](O[C@@H]1O[C@H](CO)[C@H](O)[C@H](O)[C@H]1O)[C@H](O)CO. The summed E-state index contributed by atoms with van der Waals surface area (Å²) in [6.45, 7) is 2.13. The third kappa shape index (κ3) is 21.8. The largest absolute Gasteiger partial charge is 0.480 e. The van der Waals surface area contributed by atoms with Crippen molar-refractivity contribution >= 4 is 35.8 Å². The van der Waals surface area contributed by atoms with Crippen molar-refractivity contribution in [2.45, 2.75) is 113 Å². The number of aliphatic hydroxyl groups is 8. The number of nitrogens with two attached hydrogens (primary N) is 2. The first-order valence-electron chi connectivity index (χ1n) is 19.9. The number of aliphatic carboxylic acids is 5. The standard InChI is InChI=1S/C12H22O12.C9H9NO3.C6H9N3O2.C6H13NO2.C5H9NO3/c13-1-3(15)10(7(18)8(19)11(21)22)24-12-9(20)6(17)5(16)4(2-14)23-12;11-8(12)6-10-9(13)7-4-2-1-3-5-7;7-5(6(10)11)1-4-2-8-3-9-4;1-3-4(2)5(7)6(8)9;7-5(8)4-2-1-3-6(4)9/h3-10,12-20H,1-2H2,(H,21,22);1-5H,6H2,(H,10,13)(H,11,12);2-3,5H,1,7H2,(H,8,9)(H,10,11);4-5H,3,7H2,1-2H3,(H,8,9);4,9H,1-3H2,(H,7,8)/t3-,4-,5+,6+,7-,8-,9-,10-,12+;;5-;4-,5-;/m1.00./s1. The highest BCUT2D eigenvalue weighted by atomic mass is 16.7. The minimum absolute atomic E-state index is 0.0718. The van der Waals surface area contributed by atoms with Crippen LogP contribution in [0.4, 0.5) is 0 Å². The van der Waals surface area contributed by atoms with E-state index in [0.717, 1.165) is 23.6 Å². The van der Waals surface area contributed by atoms with Crippen LogP contribution in [-0.2, 0) is 39.9 Å². The number of hydrogen-bond acceptors (Lipinski definition) is 21. The van der Waals surface area contributed by atoms with Crippen LogP contribution in [0.15, 0.2) is 42.9 Å². The van der Waals surface area contributed by atoms with Crippen molar-refractivity contribution in [2.24, 2.45) is 17.4 Å². The first kappa shape index (κ1) is 60.7. The molecule has 28 nitrogen and oxygen atoms in total. The summed E-state index contributed by atoms with van der Waals surface area (Å²) in [6, 6.07) is 6.25. The molecule has 2 aliphatic rings. The monoisotopic (exact) mass is 954 g/mol. The van der Waals surface area contributed by atoms with E-state index in [1.54, 1.807) is 36.5 Å². The number of carbonyl (C=O) groups is 6. The zero-order valence-electron chi connectivity index (χ0n) is 35.8. The van der Waals surface area contributed by atoms with Gasteiger partial charge in [-0.1, -0.05) is 38.5 Å². The van der Waals surface area contributed by atoms with Gasteiger partial charge in [0.05, 0.1) is 19.5 Å². The van der Waals surface area contributed by atoms with Crippen molar-refractivity contribution in [3.05, 3.63) is 54.1 Å². The van der Waals surface area contributed by atoms with Crippen LogP contribution in [0.2, 0.25) is 0 Å². The smallest absolute Gasteiger partial charge is 0.335 e. The molecule has 0 saturated carbocycles. The lowest BCUT2D eigenvalue weighted by Crippen LogP contribution is -2.61. The average molecular weight is 955 g/mol. The highest BCUT2D eigenvalue weighted by molar-refractivity contribution is 5.95. The Morgan fingerprint density at radius 2 is 1.53 bits per heavy atom. The zero-order valence-corrected chi connectivity index (χ0v) is 35.8. The molecule has 0 bridgehead atoms. The maximum atomic E-state index is 11.2. The molecule has 2 saturated heterocycles. The summed E-state index contributed by atoms with van der Waals surface area (Å²) in [5, 5.41) is 130. The number of amides is 1. The van der Waals surface area contributed by atoms with E-state index in [1.807, 2.05) is 13.8 Å². The molecule has 376 valence electrons. The lowest BCUT2D eigenvalue weighted by atomic mass is 9.98. The van der Waals surface area contributed by atoms with E-state index in [9.17, 15) is 59.4 Å². The number of imidazole rings is 1. The number of ether oxygens (including phenoxy) is 2. The second-order valence-corrected chi connectivity index (χ2v) is 14.4. The van der Waals surface area contributed by atoms with Crippen LogP contribution >= 0.6 is 0 Å². The Morgan fingerprint density at radius 1 is 0.924 bits per heavy atom. The molecule has 2 aliphatic heterocycles. The van der Waals surface area contributed by atoms with E-state index in [4.69, 9.17) is 61.9 Å². The normalized spacial score (nSPS) is 23.2. The topological polar surface area (TPSA) is 500 Å². The molecule has 0 radical (unpaired) electrons. The number of hydroxylamine groups is 2. The molecule has 1 unspecified atom stereocenters. The molecule has 3 heterocycles. The molecule has 1 aromatic heterocycles. The maximum absolute atomic E-state index is 11.2. The van der Waals surface area contributed by atoms with Crippen molar-refractivity contribution < 1.29 is 110 Å². The van der Waals surface area contributed by atoms with Crippen molar-refractivity contribution in [3.63, 3.8) is 0 Å². The number of aliphatic hydroxyl groups excluding tert-OH is 8. The molecule has 0 spiro atoms. The highest BCUT2D eigenvalue weighted by Crippen LogP contribution is 2.25. The summed E-state index contributed by atoms with van der Waals surface area (Å²) in [7, 11) is 0. The Balaban J connectivity index is 0.000000855. The predicted molar refractivity (Wildman–Crippen MR) is 220 cm³/mol. The molecule has 4 rings (SSSR count). The number of hydrogen-bond donors (Lipinski definition) is 18. The van der Waals surface area contributed by atoms with Gasteiger partial charge in [-0.15, -0.1) is 0 Å². The van der Waals surface area contributed by atoms with Crippen LogP contribution < -0.4 is 16.8 Å². The van der Waals surface area contributed by atoms with E-state index in [0.29, 0.717) is 18.5 Å². The first-order valence-corrected chi connectivity index (χ1v) is 19.9. The van der Waals surface area contributed by atoms with Gasteiger partial charge in [-0.3, -0.25) is 24.0 Å². The average Bonchev–Trinajstić information content (AvgIpc) is 3.98. The summed E-state index contributed by atoms with van der Waals surface area (Å²) in [5.41, 5.74) is 11.7. The summed E-state index contributed by atoms with van der Waals surface area (Å²) in [4.78, 5) is 69.2. The van der Waals surface area contributed by atoms with Crippen LogP contribution in [0.5, 0.6) is 0 Å². The first-order chi connectivity index (χ1) is 30.9. The lowest BCUT2D eigenvalue weighted by Gasteiger charge is -2.42. The minimum atomic E-state index is -2.39. The molecule has 28 heteroatoms. The van der Waals surface area contributed by atoms with Gasteiger partial charge in [0.1, 0.15) is 67.4 Å². The van der Waals surface area contributed by atoms with E-state index < -0.39 is 116 Å². The number of aromatic nitrogens is 2. The fraction of sp³-hybridized carbons (Fsp3) is 0.605. The highest BCUT2D eigenvalue weighted by Gasteiger charge is 2.47. The molecular weight excluding hydrogens is 892 g/mol. The molecular formula is C38H62N6O22. The Labute approximate surface area is 376 Å². The molecule has 1 aromatic carbocycles. The maximum Gasteiger partial charge on any atom is 0.335 e. The molecule has 13 atom stereocenters. The number of carboxylic acids is 5. The number of aromatic amines is 1. The third-order valence-corrected chi connectivity index (χ3v) is 9.42. The number of rotatable bonds is 18. The number of nitrogens with one attached hydrogen (secondary N) is 2. The summed E-state index contributed by atoms with van der Waals surface area (Å²) < 4.78 is 9.98. The number of carboxylic acid groups (broad SMARTS) is 5. The summed E-state index contributed by atoms with van der Waals surface area (Å²) >= 11 is 0. The van der Waals surface area contributed by atoms with Crippen LogP contribution in [0, 0.1) is 5.92 Å². The van der Waals surface area contributed by atoms with Gasteiger partial charge in [-0.2, -0.15) is 5.06 Å². The lowest BCUT2D eigenvalue weighted by molar-refractivity contribution is -0.326. The number of carbonyl (C=O) groups excluding carboxylic acids is 1. The Kier molecular flexibility index (Phi) is 29.0. The zero-order chi connectivity index (χ0) is 50.8. The van der Waals surface area contributed by atoms with Gasteiger partial charge in [0.15, 0.2) is 12.4 Å². The molecule has 0 aliphatic carbocycles. The van der Waals surface area contributed by atoms with Crippen molar-refractivity contribution in [3.8, 4) is 0 Å². The van der Waals surface area contributed by atoms with Gasteiger partial charge in [0, 0.05) is 30.4 Å². The van der Waals surface area contributed by atoms with Crippen LogP contribution in [0.3, 0.4) is 0 Å². The number of H-pyrrole nitrogens is 1. The van der Waals surface area contributed by atoms with Gasteiger partial charge in [0.25, 0.3) is 5.91 Å². The van der Waals surface area contributed by atoms with E-state index in [2.05, 4.69) is 15.3 Å². The van der Waals surface area contributed by atoms with Gasteiger partial charge in [0.2, 0.25) is 0 Å². The van der Waals surface area contributed by atoms with Gasteiger partial charge in [-0.25, -0.2) is 9.78 Å². The fourth-order valence-corrected chi connectivity index (χ4v) is 5.23. The van der Waals surface area contributed by atoms with Crippen molar-refractivity contribution in [1.82, 2.24) is 20.3 Å².